The minimum atomic E-state index is -1.66. The zero-order chi connectivity index (χ0) is 32.6. The summed E-state index contributed by atoms with van der Waals surface area (Å²) < 4.78 is 57.7. The standard InChI is InChI=1S/C30H40O15/c1-36-24-12(7-16(32)26(38-3)28(24)40-5)22-14-10-43-23(15(14)11-42-22)13-8-17(27(39-4)29(41-6)25(13)37-2)44-30-21(35)20(34)19(33)18(9-31)45-30/h7-8,14-15,18-23,30-35H,9-11H2,1-6H3/t14-,15-,18-,19-,20+,21-,22+,23+,30-/m1/s1. The lowest BCUT2D eigenvalue weighted by molar-refractivity contribution is -0.277. The first-order chi connectivity index (χ1) is 21.7. The van der Waals surface area contributed by atoms with Crippen molar-refractivity contribution in [2.75, 3.05) is 62.5 Å². The highest BCUT2D eigenvalue weighted by molar-refractivity contribution is 5.65. The van der Waals surface area contributed by atoms with E-state index >= 15 is 0 Å². The molecule has 15 nitrogen and oxygen atoms in total. The Morgan fingerprint density at radius 2 is 1.13 bits per heavy atom. The summed E-state index contributed by atoms with van der Waals surface area (Å²) in [6.07, 6.45) is -8.65. The predicted octanol–water partition coefficient (Wildman–Crippen LogP) is 0.698. The number of benzene rings is 2. The number of rotatable bonds is 11. The van der Waals surface area contributed by atoms with Crippen LogP contribution < -0.4 is 33.2 Å². The average Bonchev–Trinajstić information content (AvgIpc) is 3.66. The third-order valence-corrected chi connectivity index (χ3v) is 8.58. The van der Waals surface area contributed by atoms with Gasteiger partial charge in [-0.1, -0.05) is 0 Å². The second-order valence-electron chi connectivity index (χ2n) is 10.8. The molecule has 0 bridgehead atoms. The number of phenolic OH excluding ortho intramolecular Hbond substituents is 1. The summed E-state index contributed by atoms with van der Waals surface area (Å²) >= 11 is 0. The number of hydrogen-bond acceptors (Lipinski definition) is 15. The van der Waals surface area contributed by atoms with Gasteiger partial charge in [0.15, 0.2) is 23.0 Å². The van der Waals surface area contributed by atoms with Crippen molar-refractivity contribution in [3.05, 3.63) is 23.3 Å². The summed E-state index contributed by atoms with van der Waals surface area (Å²) in [5.41, 5.74) is 1.09. The molecule has 3 saturated heterocycles. The predicted molar refractivity (Wildman–Crippen MR) is 153 cm³/mol. The van der Waals surface area contributed by atoms with Crippen molar-refractivity contribution in [3.63, 3.8) is 0 Å². The Morgan fingerprint density at radius 3 is 1.62 bits per heavy atom. The lowest BCUT2D eigenvalue weighted by Gasteiger charge is -2.39. The molecule has 3 heterocycles. The molecular formula is C30H40O15. The van der Waals surface area contributed by atoms with Crippen LogP contribution in [0.3, 0.4) is 0 Å². The molecule has 0 radical (unpaired) electrons. The molecule has 0 unspecified atom stereocenters. The maximum Gasteiger partial charge on any atom is 0.229 e. The average molecular weight is 641 g/mol. The van der Waals surface area contributed by atoms with Gasteiger partial charge >= 0.3 is 0 Å². The van der Waals surface area contributed by atoms with Gasteiger partial charge in [0, 0.05) is 23.0 Å². The minimum Gasteiger partial charge on any atom is -0.504 e. The molecular weight excluding hydrogens is 600 g/mol. The fourth-order valence-electron chi connectivity index (χ4n) is 6.42. The molecule has 0 aromatic heterocycles. The van der Waals surface area contributed by atoms with Crippen LogP contribution in [0.4, 0.5) is 0 Å². The molecule has 2 aromatic carbocycles. The van der Waals surface area contributed by atoms with Gasteiger partial charge in [-0.25, -0.2) is 0 Å². The Morgan fingerprint density at radius 1 is 0.644 bits per heavy atom. The quantitative estimate of drug-likeness (QED) is 0.230. The van der Waals surface area contributed by atoms with Crippen LogP contribution in [0.5, 0.6) is 46.0 Å². The van der Waals surface area contributed by atoms with Crippen molar-refractivity contribution in [3.8, 4) is 46.0 Å². The minimum absolute atomic E-state index is 0.0588. The van der Waals surface area contributed by atoms with Crippen LogP contribution in [-0.2, 0) is 14.2 Å². The van der Waals surface area contributed by atoms with Gasteiger partial charge in [-0.05, 0) is 12.1 Å². The SMILES string of the molecule is COc1c(O)cc([C@@H]2OC[C@@H]3[C@H]2CO[C@H]3c2cc(O[C@@H]3O[C@H](CO)[C@@H](O)[C@H](O)[C@H]3O)c(OC)c(OC)c2OC)c(OC)c1OC. The van der Waals surface area contributed by atoms with Crippen LogP contribution in [0.25, 0.3) is 0 Å². The van der Waals surface area contributed by atoms with Gasteiger partial charge in [0.2, 0.25) is 29.3 Å². The van der Waals surface area contributed by atoms with Gasteiger partial charge in [0.1, 0.15) is 24.4 Å². The number of ether oxygens (including phenoxy) is 10. The zero-order valence-electron chi connectivity index (χ0n) is 25.8. The molecule has 0 saturated carbocycles. The molecule has 9 atom stereocenters. The Balaban J connectivity index is 1.51. The fourth-order valence-corrected chi connectivity index (χ4v) is 6.42. The lowest BCUT2D eigenvalue weighted by atomic mass is 9.84. The maximum absolute atomic E-state index is 10.7. The summed E-state index contributed by atoms with van der Waals surface area (Å²) in [6.45, 7) is -0.0702. The number of fused-ring (bicyclic) bond motifs is 1. The molecule has 3 aliphatic heterocycles. The fraction of sp³-hybridized carbons (Fsp3) is 0.600. The second-order valence-corrected chi connectivity index (χ2v) is 10.8. The van der Waals surface area contributed by atoms with Crippen molar-refractivity contribution >= 4 is 0 Å². The van der Waals surface area contributed by atoms with Crippen LogP contribution in [-0.4, -0.2) is 119 Å². The monoisotopic (exact) mass is 640 g/mol. The number of aromatic hydroxyl groups is 1. The van der Waals surface area contributed by atoms with E-state index in [1.165, 1.54) is 48.7 Å². The summed E-state index contributed by atoms with van der Waals surface area (Å²) in [6, 6.07) is 3.13. The first-order valence-corrected chi connectivity index (χ1v) is 14.2. The van der Waals surface area contributed by atoms with Crippen molar-refractivity contribution in [1.29, 1.82) is 0 Å². The summed E-state index contributed by atoms with van der Waals surface area (Å²) in [7, 11) is 8.63. The van der Waals surface area contributed by atoms with Gasteiger partial charge in [-0.15, -0.1) is 0 Å². The van der Waals surface area contributed by atoms with Crippen LogP contribution in [0, 0.1) is 11.8 Å². The number of aliphatic hydroxyl groups is 4. The normalized spacial score (nSPS) is 30.8. The Kier molecular flexibility index (Phi) is 9.88. The van der Waals surface area contributed by atoms with E-state index in [0.29, 0.717) is 22.6 Å². The summed E-state index contributed by atoms with van der Waals surface area (Å²) in [4.78, 5) is 0. The van der Waals surface area contributed by atoms with E-state index in [4.69, 9.17) is 47.4 Å². The van der Waals surface area contributed by atoms with E-state index in [9.17, 15) is 25.5 Å². The largest absolute Gasteiger partial charge is 0.504 e. The van der Waals surface area contributed by atoms with E-state index in [1.807, 2.05) is 0 Å². The molecule has 15 heteroatoms. The highest BCUT2D eigenvalue weighted by Crippen LogP contribution is 2.58. The van der Waals surface area contributed by atoms with Gasteiger partial charge in [-0.3, -0.25) is 0 Å². The topological polar surface area (TPSA) is 193 Å². The number of methoxy groups -OCH3 is 6. The molecule has 250 valence electrons. The number of hydrogen-bond donors (Lipinski definition) is 5. The molecule has 45 heavy (non-hydrogen) atoms. The molecule has 0 spiro atoms. The van der Waals surface area contributed by atoms with Gasteiger partial charge in [0.25, 0.3) is 0 Å². The first kappa shape index (κ1) is 32.9. The van der Waals surface area contributed by atoms with Gasteiger partial charge in [0.05, 0.1) is 74.7 Å². The Labute approximate surface area is 259 Å². The van der Waals surface area contributed by atoms with Crippen LogP contribution in [0.15, 0.2) is 12.1 Å². The zero-order valence-corrected chi connectivity index (χ0v) is 25.8. The van der Waals surface area contributed by atoms with E-state index in [2.05, 4.69) is 0 Å². The van der Waals surface area contributed by atoms with E-state index < -0.39 is 49.5 Å². The van der Waals surface area contributed by atoms with Crippen LogP contribution in [0.1, 0.15) is 23.3 Å². The van der Waals surface area contributed by atoms with Crippen LogP contribution in [0.2, 0.25) is 0 Å². The second kappa shape index (κ2) is 13.5. The van der Waals surface area contributed by atoms with Gasteiger partial charge < -0.3 is 72.9 Å². The number of aliphatic hydroxyl groups excluding tert-OH is 4. The summed E-state index contributed by atoms with van der Waals surface area (Å²) in [5.74, 6) is 0.848. The van der Waals surface area contributed by atoms with E-state index in [-0.39, 0.29) is 59.5 Å². The Bertz CT molecular complexity index is 1350. The third-order valence-electron chi connectivity index (χ3n) is 8.58. The molecule has 3 fully saturated rings. The molecule has 0 aliphatic carbocycles. The van der Waals surface area contributed by atoms with Crippen LogP contribution >= 0.6 is 0 Å². The molecule has 2 aromatic rings. The third kappa shape index (κ3) is 5.52. The van der Waals surface area contributed by atoms with Crippen molar-refractivity contribution < 1.29 is 72.9 Å². The van der Waals surface area contributed by atoms with Crippen molar-refractivity contribution in [2.24, 2.45) is 11.8 Å². The van der Waals surface area contributed by atoms with E-state index in [0.717, 1.165) is 0 Å². The molecule has 0 amide bonds. The van der Waals surface area contributed by atoms with Crippen molar-refractivity contribution in [1.82, 2.24) is 0 Å². The smallest absolute Gasteiger partial charge is 0.229 e. The van der Waals surface area contributed by atoms with E-state index in [1.54, 1.807) is 6.07 Å². The van der Waals surface area contributed by atoms with Gasteiger partial charge in [-0.2, -0.15) is 0 Å². The highest BCUT2D eigenvalue weighted by atomic mass is 16.7. The first-order valence-electron chi connectivity index (χ1n) is 14.2. The molecule has 3 aliphatic rings. The molecule has 5 rings (SSSR count). The summed E-state index contributed by atoms with van der Waals surface area (Å²) in [5, 5.41) is 51.4. The highest BCUT2D eigenvalue weighted by Gasteiger charge is 2.51. The Hall–Kier alpha value is -3.44. The lowest BCUT2D eigenvalue weighted by Crippen LogP contribution is -2.60. The number of phenols is 1. The molecule has 5 N–H and O–H groups in total. The maximum atomic E-state index is 10.7. The van der Waals surface area contributed by atoms with Crippen molar-refractivity contribution in [2.45, 2.75) is 42.9 Å².